The van der Waals surface area contributed by atoms with Gasteiger partial charge in [-0.15, -0.1) is 10.2 Å². The summed E-state index contributed by atoms with van der Waals surface area (Å²) in [6.07, 6.45) is 3.80. The third-order valence-corrected chi connectivity index (χ3v) is 5.56. The van der Waals surface area contributed by atoms with E-state index in [2.05, 4.69) is 15.2 Å². The molecule has 0 bridgehead atoms. The second kappa shape index (κ2) is 7.69. The Balaban J connectivity index is 1.98. The van der Waals surface area contributed by atoms with Crippen LogP contribution < -0.4 is 5.14 Å². The second-order valence-corrected chi connectivity index (χ2v) is 8.19. The predicted molar refractivity (Wildman–Crippen MR) is 104 cm³/mol. The molecule has 1 heterocycles. The van der Waals surface area contributed by atoms with Crippen LogP contribution in [0.15, 0.2) is 70.0 Å². The summed E-state index contributed by atoms with van der Waals surface area (Å²) in [5, 5.41) is 12.7. The summed E-state index contributed by atoms with van der Waals surface area (Å²) < 4.78 is 22.5. The lowest BCUT2D eigenvalue weighted by atomic mass is 10.1. The highest BCUT2D eigenvalue weighted by molar-refractivity contribution is 7.91. The number of nitrogens with zero attached hydrogens (tertiary/aromatic N) is 3. The Bertz CT molecular complexity index is 1050. The minimum absolute atomic E-state index is 0.224. The quantitative estimate of drug-likeness (QED) is 0.682. The third kappa shape index (κ3) is 4.69. The number of benzene rings is 2. The number of aliphatic imine (C=N–C) groups is 1. The number of nitrogens with two attached hydrogens (primary N) is 1. The molecule has 0 spiro atoms. The van der Waals surface area contributed by atoms with E-state index in [9.17, 15) is 8.42 Å². The lowest BCUT2D eigenvalue weighted by Crippen LogP contribution is -2.11. The van der Waals surface area contributed by atoms with E-state index in [1.807, 2.05) is 73.7 Å². The lowest BCUT2D eigenvalue weighted by Gasteiger charge is -2.01. The van der Waals surface area contributed by atoms with Gasteiger partial charge in [0.25, 0.3) is 10.0 Å². The van der Waals surface area contributed by atoms with Crippen LogP contribution in [0.1, 0.15) is 16.7 Å². The number of sulfonamides is 1. The second-order valence-electron chi connectivity index (χ2n) is 5.50. The van der Waals surface area contributed by atoms with E-state index >= 15 is 0 Å². The van der Waals surface area contributed by atoms with Gasteiger partial charge in [0.1, 0.15) is 0 Å². The fourth-order valence-electron chi connectivity index (χ4n) is 2.13. The third-order valence-electron chi connectivity index (χ3n) is 3.44. The minimum atomic E-state index is -3.88. The Labute approximate surface area is 155 Å². The number of hydrogen-bond donors (Lipinski definition) is 1. The fourth-order valence-corrected chi connectivity index (χ4v) is 3.43. The van der Waals surface area contributed by atoms with Gasteiger partial charge in [-0.3, -0.25) is 0 Å². The molecular formula is C18H16N4O2S2. The first-order valence-electron chi connectivity index (χ1n) is 7.67. The fraction of sp³-hybridized carbons (Fsp3) is 0.0556. The van der Waals surface area contributed by atoms with Gasteiger partial charge in [-0.2, -0.15) is 0 Å². The first-order chi connectivity index (χ1) is 12.4. The molecule has 3 rings (SSSR count). The van der Waals surface area contributed by atoms with E-state index in [4.69, 9.17) is 5.14 Å². The van der Waals surface area contributed by atoms with E-state index in [0.717, 1.165) is 22.5 Å². The van der Waals surface area contributed by atoms with Gasteiger partial charge in [0.05, 0.1) is 5.71 Å². The van der Waals surface area contributed by atoms with Crippen LogP contribution in [0.2, 0.25) is 0 Å². The van der Waals surface area contributed by atoms with Crippen LogP contribution in [0.4, 0.5) is 5.13 Å². The zero-order chi connectivity index (χ0) is 18.6. The van der Waals surface area contributed by atoms with Gasteiger partial charge in [0.15, 0.2) is 0 Å². The van der Waals surface area contributed by atoms with Gasteiger partial charge in [-0.25, -0.2) is 18.5 Å². The lowest BCUT2D eigenvalue weighted by molar-refractivity contribution is 0.596. The molecular weight excluding hydrogens is 368 g/mol. The summed E-state index contributed by atoms with van der Waals surface area (Å²) >= 11 is 0.830. The summed E-state index contributed by atoms with van der Waals surface area (Å²) in [5.41, 5.74) is 3.73. The minimum Gasteiger partial charge on any atom is -0.223 e. The normalized spacial score (nSPS) is 12.6. The maximum atomic E-state index is 11.4. The van der Waals surface area contributed by atoms with E-state index in [-0.39, 0.29) is 9.47 Å². The maximum Gasteiger partial charge on any atom is 0.267 e. The van der Waals surface area contributed by atoms with Crippen molar-refractivity contribution in [2.45, 2.75) is 11.3 Å². The Kier molecular flexibility index (Phi) is 5.36. The molecule has 1 aromatic heterocycles. The molecule has 26 heavy (non-hydrogen) atoms. The van der Waals surface area contributed by atoms with Crippen molar-refractivity contribution in [3.05, 3.63) is 77.4 Å². The van der Waals surface area contributed by atoms with Crippen LogP contribution in [0.3, 0.4) is 0 Å². The van der Waals surface area contributed by atoms with Crippen LogP contribution in [0.5, 0.6) is 0 Å². The molecule has 6 nitrogen and oxygen atoms in total. The molecule has 0 atom stereocenters. The molecule has 0 radical (unpaired) electrons. The molecule has 8 heteroatoms. The van der Waals surface area contributed by atoms with Gasteiger partial charge in [-0.05, 0) is 18.6 Å². The van der Waals surface area contributed by atoms with Crippen molar-refractivity contribution < 1.29 is 8.42 Å². The molecule has 0 fully saturated rings. The summed E-state index contributed by atoms with van der Waals surface area (Å²) in [6.45, 7) is 2.03. The Hall–Kier alpha value is -2.68. The van der Waals surface area contributed by atoms with Crippen LogP contribution in [-0.2, 0) is 10.0 Å². The highest BCUT2D eigenvalue weighted by atomic mass is 32.2. The van der Waals surface area contributed by atoms with Crippen molar-refractivity contribution >= 4 is 38.3 Å². The van der Waals surface area contributed by atoms with Crippen molar-refractivity contribution in [2.24, 2.45) is 10.1 Å². The number of hydrogen-bond acceptors (Lipinski definition) is 6. The average Bonchev–Trinajstić information content (AvgIpc) is 3.10. The average molecular weight is 384 g/mol. The van der Waals surface area contributed by atoms with Gasteiger partial charge in [-0.1, -0.05) is 77.6 Å². The Morgan fingerprint density at radius 2 is 1.77 bits per heavy atom. The van der Waals surface area contributed by atoms with E-state index < -0.39 is 10.0 Å². The van der Waals surface area contributed by atoms with Gasteiger partial charge >= 0.3 is 0 Å². The number of aromatic nitrogens is 2. The molecule has 0 aliphatic rings. The van der Waals surface area contributed by atoms with Crippen LogP contribution in [0, 0.1) is 6.92 Å². The predicted octanol–water partition coefficient (Wildman–Crippen LogP) is 3.33. The summed E-state index contributed by atoms with van der Waals surface area (Å²) in [7, 11) is -3.88. The molecule has 132 valence electrons. The highest BCUT2D eigenvalue weighted by Gasteiger charge is 2.15. The Morgan fingerprint density at radius 1 is 1.08 bits per heavy atom. The van der Waals surface area contributed by atoms with Crippen LogP contribution in [0.25, 0.3) is 6.08 Å². The van der Waals surface area contributed by atoms with Crippen molar-refractivity contribution in [1.29, 1.82) is 0 Å². The van der Waals surface area contributed by atoms with Crippen molar-refractivity contribution in [2.75, 3.05) is 0 Å². The number of rotatable bonds is 5. The Morgan fingerprint density at radius 3 is 2.38 bits per heavy atom. The number of primary sulfonamides is 1. The zero-order valence-corrected chi connectivity index (χ0v) is 15.5. The molecule has 0 saturated heterocycles. The molecule has 2 N–H and O–H groups in total. The molecule has 2 aromatic carbocycles. The number of allylic oxidation sites excluding steroid dienone is 1. The first kappa shape index (κ1) is 18.1. The summed E-state index contributed by atoms with van der Waals surface area (Å²) in [6, 6.07) is 17.6. The standard InChI is InChI=1S/C18H16N4O2S2/c1-13-7-9-14(10-8-13)11-12-16(15-5-3-2-4-6-15)20-17-21-22-18(25-17)26(19,23)24/h2-12H,1H3,(H2,19,23,24). The van der Waals surface area contributed by atoms with Crippen LogP contribution >= 0.6 is 11.3 Å². The van der Waals surface area contributed by atoms with Gasteiger partial charge in [0, 0.05) is 5.56 Å². The summed E-state index contributed by atoms with van der Waals surface area (Å²) in [4.78, 5) is 4.45. The van der Waals surface area contributed by atoms with Gasteiger partial charge < -0.3 is 0 Å². The molecule has 0 aliphatic carbocycles. The van der Waals surface area contributed by atoms with Gasteiger partial charge in [0.2, 0.25) is 9.47 Å². The van der Waals surface area contributed by atoms with E-state index in [0.29, 0.717) is 5.71 Å². The molecule has 3 aromatic rings. The largest absolute Gasteiger partial charge is 0.267 e. The monoisotopic (exact) mass is 384 g/mol. The highest BCUT2D eigenvalue weighted by Crippen LogP contribution is 2.23. The first-order valence-corrected chi connectivity index (χ1v) is 10.0. The van der Waals surface area contributed by atoms with Crippen molar-refractivity contribution in [3.63, 3.8) is 0 Å². The van der Waals surface area contributed by atoms with Crippen molar-refractivity contribution in [1.82, 2.24) is 10.2 Å². The van der Waals surface area contributed by atoms with Crippen molar-refractivity contribution in [3.8, 4) is 0 Å². The van der Waals surface area contributed by atoms with E-state index in [1.165, 1.54) is 5.56 Å². The molecule has 0 saturated carbocycles. The molecule has 0 unspecified atom stereocenters. The topological polar surface area (TPSA) is 98.3 Å². The molecule has 0 amide bonds. The SMILES string of the molecule is Cc1ccc(C=CC(=Nc2nnc(S(N)(=O)=O)s2)c2ccccc2)cc1. The summed E-state index contributed by atoms with van der Waals surface area (Å²) in [5.74, 6) is 0. The maximum absolute atomic E-state index is 11.4. The smallest absolute Gasteiger partial charge is 0.223 e. The van der Waals surface area contributed by atoms with Crippen LogP contribution in [-0.4, -0.2) is 24.3 Å². The van der Waals surface area contributed by atoms with E-state index in [1.54, 1.807) is 0 Å². The molecule has 0 aliphatic heterocycles. The number of aryl methyl sites for hydroxylation is 1. The zero-order valence-electron chi connectivity index (χ0n) is 13.9.